The van der Waals surface area contributed by atoms with Crippen LogP contribution in [-0.4, -0.2) is 45.7 Å². The number of anilines is 1. The number of carbonyl (C=O) groups is 1. The van der Waals surface area contributed by atoms with Gasteiger partial charge in [-0.15, -0.1) is 6.58 Å². The van der Waals surface area contributed by atoms with Crippen molar-refractivity contribution in [3.63, 3.8) is 0 Å². The zero-order valence-electron chi connectivity index (χ0n) is 19.1. The fourth-order valence-electron chi connectivity index (χ4n) is 3.70. The average Bonchev–Trinajstić information content (AvgIpc) is 2.80. The van der Waals surface area contributed by atoms with Gasteiger partial charge in [-0.25, -0.2) is 27.5 Å². The SMILES string of the molecule is C=CCN(C(=O)CF)C(CCO)c1nc(C)nc(N[C@H](C)c2cccc(C(F)F)c2F)c1C=C. The third kappa shape index (κ3) is 5.99. The van der Waals surface area contributed by atoms with Crippen molar-refractivity contribution in [2.45, 2.75) is 38.8 Å². The first-order valence-electron chi connectivity index (χ1n) is 10.6. The quantitative estimate of drug-likeness (QED) is 0.327. The molecule has 6 nitrogen and oxygen atoms in total. The first-order chi connectivity index (χ1) is 16.2. The maximum absolute atomic E-state index is 14.7. The summed E-state index contributed by atoms with van der Waals surface area (Å²) in [5.41, 5.74) is -0.0420. The lowest BCUT2D eigenvalue weighted by Gasteiger charge is -2.31. The fraction of sp³-hybridized carbons (Fsp3) is 0.375. The molecule has 10 heteroatoms. The highest BCUT2D eigenvalue weighted by Gasteiger charge is 2.29. The number of hydrogen-bond donors (Lipinski definition) is 2. The summed E-state index contributed by atoms with van der Waals surface area (Å²) in [6.45, 7) is 9.00. The summed E-state index contributed by atoms with van der Waals surface area (Å²) in [7, 11) is 0. The van der Waals surface area contributed by atoms with E-state index in [9.17, 15) is 27.5 Å². The van der Waals surface area contributed by atoms with Gasteiger partial charge in [-0.2, -0.15) is 0 Å². The number of benzene rings is 1. The van der Waals surface area contributed by atoms with Crippen LogP contribution in [0, 0.1) is 12.7 Å². The summed E-state index contributed by atoms with van der Waals surface area (Å²) in [6, 6.07) is 2.16. The van der Waals surface area contributed by atoms with Crippen LogP contribution >= 0.6 is 0 Å². The molecule has 0 aliphatic heterocycles. The molecule has 0 radical (unpaired) electrons. The third-order valence-corrected chi connectivity index (χ3v) is 5.26. The number of aryl methyl sites for hydroxylation is 1. The number of hydrogen-bond acceptors (Lipinski definition) is 5. The number of aromatic nitrogens is 2. The molecular weight excluding hydrogens is 452 g/mol. The van der Waals surface area contributed by atoms with E-state index in [2.05, 4.69) is 28.4 Å². The molecule has 1 unspecified atom stereocenters. The Labute approximate surface area is 196 Å². The predicted molar refractivity (Wildman–Crippen MR) is 123 cm³/mol. The van der Waals surface area contributed by atoms with Crippen molar-refractivity contribution in [2.24, 2.45) is 0 Å². The number of alkyl halides is 3. The maximum atomic E-state index is 14.7. The van der Waals surface area contributed by atoms with Gasteiger partial charge in [0, 0.05) is 24.3 Å². The molecule has 184 valence electrons. The molecule has 1 amide bonds. The van der Waals surface area contributed by atoms with Gasteiger partial charge in [0.2, 0.25) is 0 Å². The summed E-state index contributed by atoms with van der Waals surface area (Å²) in [5.74, 6) is -1.32. The van der Waals surface area contributed by atoms with E-state index in [4.69, 9.17) is 0 Å². The molecule has 2 aromatic rings. The van der Waals surface area contributed by atoms with Crippen LogP contribution in [0.25, 0.3) is 6.08 Å². The zero-order valence-corrected chi connectivity index (χ0v) is 19.1. The lowest BCUT2D eigenvalue weighted by atomic mass is 10.0. The van der Waals surface area contributed by atoms with Crippen molar-refractivity contribution in [3.05, 3.63) is 71.5 Å². The molecule has 0 saturated heterocycles. The van der Waals surface area contributed by atoms with Crippen molar-refractivity contribution >= 4 is 17.8 Å². The van der Waals surface area contributed by atoms with E-state index in [-0.39, 0.29) is 36.8 Å². The van der Waals surface area contributed by atoms with Crippen molar-refractivity contribution in [3.8, 4) is 0 Å². The van der Waals surface area contributed by atoms with Crippen LogP contribution in [0.2, 0.25) is 0 Å². The maximum Gasteiger partial charge on any atom is 0.266 e. The van der Waals surface area contributed by atoms with E-state index < -0.39 is 42.5 Å². The highest BCUT2D eigenvalue weighted by atomic mass is 19.3. The third-order valence-electron chi connectivity index (χ3n) is 5.26. The zero-order chi connectivity index (χ0) is 25.4. The summed E-state index contributed by atoms with van der Waals surface area (Å²) in [6.07, 6.45) is -0.0604. The monoisotopic (exact) mass is 480 g/mol. The minimum atomic E-state index is -2.97. The standard InChI is InChI=1S/C24H28F4N4O2/c1-5-11-32(20(34)13-25)19(10-12-33)22-16(6-2)24(31-15(4)30-22)29-14(3)17-8-7-9-18(21(17)26)23(27)28/h5-9,14,19,23,33H,1-2,10-13H2,3-4H3,(H,29,30,31)/t14-,19?/m1/s1. The second kappa shape index (κ2) is 12.3. The summed E-state index contributed by atoms with van der Waals surface area (Å²) in [5, 5.41) is 12.6. The van der Waals surface area contributed by atoms with Crippen molar-refractivity contribution in [2.75, 3.05) is 25.1 Å². The van der Waals surface area contributed by atoms with E-state index in [0.717, 1.165) is 6.07 Å². The van der Waals surface area contributed by atoms with Gasteiger partial charge in [-0.3, -0.25) is 4.79 Å². The number of nitrogens with zero attached hydrogens (tertiary/aromatic N) is 3. The van der Waals surface area contributed by atoms with Crippen molar-refractivity contribution < 1.29 is 27.5 Å². The Morgan fingerprint density at radius 1 is 1.26 bits per heavy atom. The highest BCUT2D eigenvalue weighted by molar-refractivity contribution is 5.78. The number of aliphatic hydroxyl groups is 1. The topological polar surface area (TPSA) is 78.4 Å². The average molecular weight is 481 g/mol. The van der Waals surface area contributed by atoms with Gasteiger partial charge in [0.15, 0.2) is 6.67 Å². The second-order valence-electron chi connectivity index (χ2n) is 7.54. The molecule has 1 heterocycles. The van der Waals surface area contributed by atoms with Crippen molar-refractivity contribution in [1.29, 1.82) is 0 Å². The van der Waals surface area contributed by atoms with Crippen LogP contribution in [0.5, 0.6) is 0 Å². The molecule has 0 fully saturated rings. The normalized spacial score (nSPS) is 12.8. The minimum Gasteiger partial charge on any atom is -0.396 e. The van der Waals surface area contributed by atoms with E-state index in [1.54, 1.807) is 13.8 Å². The molecule has 2 atom stereocenters. The van der Waals surface area contributed by atoms with Gasteiger partial charge in [0.1, 0.15) is 17.5 Å². The number of nitrogens with one attached hydrogen (secondary N) is 1. The Morgan fingerprint density at radius 2 is 1.94 bits per heavy atom. The van der Waals surface area contributed by atoms with Crippen LogP contribution in [0.4, 0.5) is 23.4 Å². The highest BCUT2D eigenvalue weighted by Crippen LogP contribution is 2.33. The van der Waals surface area contributed by atoms with Gasteiger partial charge in [0.25, 0.3) is 12.3 Å². The van der Waals surface area contributed by atoms with Gasteiger partial charge in [-0.05, 0) is 20.3 Å². The summed E-state index contributed by atoms with van der Waals surface area (Å²) < 4.78 is 54.2. The smallest absolute Gasteiger partial charge is 0.266 e. The van der Waals surface area contributed by atoms with Crippen LogP contribution in [-0.2, 0) is 4.79 Å². The Balaban J connectivity index is 2.57. The molecule has 0 bridgehead atoms. The Hall–Kier alpha value is -3.27. The lowest BCUT2D eigenvalue weighted by molar-refractivity contribution is -0.134. The fourth-order valence-corrected chi connectivity index (χ4v) is 3.70. The van der Waals surface area contributed by atoms with Gasteiger partial charge in [0.05, 0.1) is 23.3 Å². The molecule has 2 N–H and O–H groups in total. The van der Waals surface area contributed by atoms with E-state index in [0.29, 0.717) is 11.3 Å². The summed E-state index contributed by atoms with van der Waals surface area (Å²) in [4.78, 5) is 22.3. The Kier molecular flexibility index (Phi) is 9.73. The molecule has 0 aliphatic rings. The van der Waals surface area contributed by atoms with Gasteiger partial charge >= 0.3 is 0 Å². The number of halogens is 4. The molecule has 1 aromatic heterocycles. The van der Waals surface area contributed by atoms with E-state index >= 15 is 0 Å². The van der Waals surface area contributed by atoms with Crippen LogP contribution in [0.1, 0.15) is 60.1 Å². The van der Waals surface area contributed by atoms with E-state index in [1.807, 2.05) is 0 Å². The molecule has 1 aromatic carbocycles. The van der Waals surface area contributed by atoms with E-state index in [1.165, 1.54) is 29.2 Å². The molecule has 0 spiro atoms. The minimum absolute atomic E-state index is 0.0118. The number of amides is 1. The van der Waals surface area contributed by atoms with Crippen LogP contribution in [0.15, 0.2) is 37.4 Å². The first kappa shape index (κ1) is 27.0. The Bertz CT molecular complexity index is 1030. The van der Waals surface area contributed by atoms with Crippen LogP contribution < -0.4 is 5.32 Å². The molecule has 2 rings (SSSR count). The molecule has 34 heavy (non-hydrogen) atoms. The van der Waals surface area contributed by atoms with Gasteiger partial charge in [-0.1, -0.05) is 36.9 Å². The van der Waals surface area contributed by atoms with Crippen LogP contribution in [0.3, 0.4) is 0 Å². The number of rotatable bonds is 12. The number of carbonyl (C=O) groups excluding carboxylic acids is 1. The largest absolute Gasteiger partial charge is 0.396 e. The number of aliphatic hydroxyl groups excluding tert-OH is 1. The molecular formula is C24H28F4N4O2. The molecule has 0 aliphatic carbocycles. The van der Waals surface area contributed by atoms with Crippen molar-refractivity contribution in [1.82, 2.24) is 14.9 Å². The predicted octanol–water partition coefficient (Wildman–Crippen LogP) is 5.09. The van der Waals surface area contributed by atoms with Gasteiger partial charge < -0.3 is 15.3 Å². The summed E-state index contributed by atoms with van der Waals surface area (Å²) >= 11 is 0. The molecule has 0 saturated carbocycles. The lowest BCUT2D eigenvalue weighted by Crippen LogP contribution is -2.37. The first-order valence-corrected chi connectivity index (χ1v) is 10.6. The Morgan fingerprint density at radius 3 is 2.50 bits per heavy atom. The second-order valence-corrected chi connectivity index (χ2v) is 7.54.